The number of benzene rings is 1. The van der Waals surface area contributed by atoms with Crippen LogP contribution < -0.4 is 5.32 Å². The van der Waals surface area contributed by atoms with Crippen LogP contribution >= 0.6 is 0 Å². The molecule has 0 aromatic heterocycles. The third-order valence-corrected chi connectivity index (χ3v) is 4.78. The highest BCUT2D eigenvalue weighted by atomic mass is 16.5. The van der Waals surface area contributed by atoms with Crippen molar-refractivity contribution < 1.29 is 4.74 Å². The summed E-state index contributed by atoms with van der Waals surface area (Å²) in [6, 6.07) is 11.6. The first-order chi connectivity index (χ1) is 9.38. The Morgan fingerprint density at radius 2 is 2.16 bits per heavy atom. The van der Waals surface area contributed by atoms with Gasteiger partial charge in [0.2, 0.25) is 0 Å². The van der Waals surface area contributed by atoms with Crippen LogP contribution in [-0.4, -0.2) is 25.8 Å². The van der Waals surface area contributed by atoms with Gasteiger partial charge in [-0.3, -0.25) is 0 Å². The van der Waals surface area contributed by atoms with Gasteiger partial charge in [-0.1, -0.05) is 30.3 Å². The van der Waals surface area contributed by atoms with Crippen LogP contribution in [0.2, 0.25) is 0 Å². The van der Waals surface area contributed by atoms with Crippen LogP contribution in [0.3, 0.4) is 0 Å². The van der Waals surface area contributed by atoms with Crippen molar-refractivity contribution >= 4 is 0 Å². The van der Waals surface area contributed by atoms with Gasteiger partial charge in [-0.2, -0.15) is 0 Å². The largest absolute Gasteiger partial charge is 0.378 e. The molecule has 4 atom stereocenters. The molecule has 104 valence electrons. The van der Waals surface area contributed by atoms with E-state index in [1.54, 1.807) is 0 Å². The van der Waals surface area contributed by atoms with Gasteiger partial charge < -0.3 is 10.1 Å². The highest BCUT2D eigenvalue weighted by molar-refractivity contribution is 5.26. The van der Waals surface area contributed by atoms with Crippen LogP contribution in [0.5, 0.6) is 0 Å². The number of rotatable bonds is 6. The second-order valence-electron chi connectivity index (χ2n) is 6.02. The fourth-order valence-electron chi connectivity index (χ4n) is 3.55. The van der Waals surface area contributed by atoms with Crippen molar-refractivity contribution in [1.29, 1.82) is 0 Å². The van der Waals surface area contributed by atoms with Gasteiger partial charge in [0.1, 0.15) is 0 Å². The van der Waals surface area contributed by atoms with Crippen LogP contribution in [0.15, 0.2) is 30.3 Å². The van der Waals surface area contributed by atoms with E-state index in [2.05, 4.69) is 42.7 Å². The Labute approximate surface area is 116 Å². The summed E-state index contributed by atoms with van der Waals surface area (Å²) >= 11 is 0. The molecule has 2 heteroatoms. The molecule has 1 aliphatic heterocycles. The van der Waals surface area contributed by atoms with E-state index in [1.165, 1.54) is 37.7 Å². The van der Waals surface area contributed by atoms with Crippen molar-refractivity contribution in [3.63, 3.8) is 0 Å². The smallest absolute Gasteiger partial charge is 0.0576 e. The molecule has 2 fully saturated rings. The van der Waals surface area contributed by atoms with E-state index in [0.29, 0.717) is 12.1 Å². The van der Waals surface area contributed by atoms with Crippen molar-refractivity contribution in [1.82, 2.24) is 5.32 Å². The summed E-state index contributed by atoms with van der Waals surface area (Å²) in [5, 5.41) is 3.53. The average molecular weight is 259 g/mol. The molecule has 0 spiro atoms. The molecule has 1 aromatic rings. The third-order valence-electron chi connectivity index (χ3n) is 4.78. The van der Waals surface area contributed by atoms with Crippen molar-refractivity contribution in [3.8, 4) is 0 Å². The molecule has 4 unspecified atom stereocenters. The summed E-state index contributed by atoms with van der Waals surface area (Å²) in [5.41, 5.74) is 1.52. The first-order valence-electron chi connectivity index (χ1n) is 7.72. The highest BCUT2D eigenvalue weighted by Gasteiger charge is 2.43. The van der Waals surface area contributed by atoms with E-state index in [9.17, 15) is 0 Å². The van der Waals surface area contributed by atoms with Crippen molar-refractivity contribution in [3.05, 3.63) is 35.9 Å². The molecule has 1 N–H and O–H groups in total. The Morgan fingerprint density at radius 3 is 2.84 bits per heavy atom. The Kier molecular flexibility index (Phi) is 4.19. The first-order valence-corrected chi connectivity index (χ1v) is 7.72. The lowest BCUT2D eigenvalue weighted by atomic mass is 9.99. The van der Waals surface area contributed by atoms with E-state index < -0.39 is 0 Å². The minimum absolute atomic E-state index is 0.532. The van der Waals surface area contributed by atoms with Crippen LogP contribution in [-0.2, 0) is 4.74 Å². The lowest BCUT2D eigenvalue weighted by Crippen LogP contribution is -2.29. The fraction of sp³-hybridized carbons (Fsp3) is 0.647. The van der Waals surface area contributed by atoms with Gasteiger partial charge in [0, 0.05) is 12.6 Å². The molecule has 19 heavy (non-hydrogen) atoms. The maximum absolute atomic E-state index is 5.73. The number of nitrogens with one attached hydrogen (secondary N) is 1. The molecular weight excluding hydrogens is 234 g/mol. The van der Waals surface area contributed by atoms with Gasteiger partial charge in [-0.05, 0) is 56.6 Å². The maximum atomic E-state index is 5.73. The van der Waals surface area contributed by atoms with Gasteiger partial charge in [-0.15, -0.1) is 0 Å². The summed E-state index contributed by atoms with van der Waals surface area (Å²) in [6.07, 6.45) is 6.89. The van der Waals surface area contributed by atoms with E-state index >= 15 is 0 Å². The van der Waals surface area contributed by atoms with E-state index in [-0.39, 0.29) is 0 Å². The number of hydrogen-bond donors (Lipinski definition) is 1. The minimum atomic E-state index is 0.532. The van der Waals surface area contributed by atoms with Crippen LogP contribution in [0, 0.1) is 5.92 Å². The molecular formula is C17H25NO. The minimum Gasteiger partial charge on any atom is -0.378 e. The summed E-state index contributed by atoms with van der Waals surface area (Å²) < 4.78 is 5.73. The number of ether oxygens (including phenoxy) is 1. The second-order valence-corrected chi connectivity index (χ2v) is 6.02. The van der Waals surface area contributed by atoms with Crippen LogP contribution in [0.25, 0.3) is 0 Å². The Bertz CT molecular complexity index is 386. The van der Waals surface area contributed by atoms with Crippen molar-refractivity contribution in [2.45, 2.75) is 50.2 Å². The molecule has 1 aromatic carbocycles. The van der Waals surface area contributed by atoms with Crippen molar-refractivity contribution in [2.24, 2.45) is 5.92 Å². The van der Waals surface area contributed by atoms with Crippen LogP contribution in [0.1, 0.15) is 43.6 Å². The highest BCUT2D eigenvalue weighted by Crippen LogP contribution is 2.50. The van der Waals surface area contributed by atoms with Crippen LogP contribution in [0.4, 0.5) is 0 Å². The predicted molar refractivity (Wildman–Crippen MR) is 78.3 cm³/mol. The van der Waals surface area contributed by atoms with Gasteiger partial charge in [0.25, 0.3) is 0 Å². The van der Waals surface area contributed by atoms with E-state index in [4.69, 9.17) is 4.74 Å². The first kappa shape index (κ1) is 13.1. The zero-order valence-electron chi connectivity index (χ0n) is 11.8. The lowest BCUT2D eigenvalue weighted by molar-refractivity contribution is 0.0990. The molecule has 0 amide bonds. The maximum Gasteiger partial charge on any atom is 0.0576 e. The monoisotopic (exact) mass is 259 g/mol. The van der Waals surface area contributed by atoms with E-state index in [1.807, 2.05) is 0 Å². The van der Waals surface area contributed by atoms with E-state index in [0.717, 1.165) is 18.4 Å². The zero-order chi connectivity index (χ0) is 13.1. The summed E-state index contributed by atoms with van der Waals surface area (Å²) in [7, 11) is 2.11. The Morgan fingerprint density at radius 1 is 1.32 bits per heavy atom. The molecule has 1 aliphatic carbocycles. The zero-order valence-corrected chi connectivity index (χ0v) is 11.8. The topological polar surface area (TPSA) is 21.3 Å². The third kappa shape index (κ3) is 3.18. The molecule has 3 rings (SSSR count). The van der Waals surface area contributed by atoms with Gasteiger partial charge in [0.15, 0.2) is 0 Å². The lowest BCUT2D eigenvalue weighted by Gasteiger charge is -2.18. The standard InChI is InChI=1S/C17H25NO/c1-18-17(10-9-14-8-5-11-19-14)16-12-15(16)13-6-3-2-4-7-13/h2-4,6-7,14-18H,5,8-12H2,1H3. The van der Waals surface area contributed by atoms with Gasteiger partial charge in [0.05, 0.1) is 6.10 Å². The molecule has 2 aliphatic rings. The fourth-order valence-corrected chi connectivity index (χ4v) is 3.55. The molecule has 1 saturated carbocycles. The summed E-state index contributed by atoms with van der Waals surface area (Å²) in [6.45, 7) is 0.977. The summed E-state index contributed by atoms with van der Waals surface area (Å²) in [4.78, 5) is 0. The quantitative estimate of drug-likeness (QED) is 0.846. The second kappa shape index (κ2) is 6.06. The average Bonchev–Trinajstić information content (AvgIpc) is 3.07. The van der Waals surface area contributed by atoms with Gasteiger partial charge in [-0.25, -0.2) is 0 Å². The molecule has 1 saturated heterocycles. The molecule has 0 radical (unpaired) electrons. The summed E-state index contributed by atoms with van der Waals surface area (Å²) in [5.74, 6) is 1.61. The van der Waals surface area contributed by atoms with Gasteiger partial charge >= 0.3 is 0 Å². The Balaban J connectivity index is 1.50. The normalized spacial score (nSPS) is 31.3. The number of hydrogen-bond acceptors (Lipinski definition) is 2. The molecule has 0 bridgehead atoms. The predicted octanol–water partition coefficient (Wildman–Crippen LogP) is 3.34. The molecule has 1 heterocycles. The molecule has 2 nitrogen and oxygen atoms in total. The Hall–Kier alpha value is -0.860. The SMILES string of the molecule is CNC(CCC1CCCO1)C1CC1c1ccccc1. The van der Waals surface area contributed by atoms with Crippen molar-refractivity contribution in [2.75, 3.05) is 13.7 Å².